The highest BCUT2D eigenvalue weighted by molar-refractivity contribution is 7.10. The average Bonchev–Trinajstić information content (AvgIpc) is 3.10. The zero-order valence-corrected chi connectivity index (χ0v) is 15.1. The van der Waals surface area contributed by atoms with E-state index in [-0.39, 0.29) is 0 Å². The van der Waals surface area contributed by atoms with E-state index < -0.39 is 5.97 Å². The smallest absolute Gasteiger partial charge is 0.336 e. The quantitative estimate of drug-likeness (QED) is 0.688. The number of thiophene rings is 2. The first-order valence-electron chi connectivity index (χ1n) is 7.40. The molecule has 2 heterocycles. The number of rotatable bonds is 7. The van der Waals surface area contributed by atoms with Crippen molar-refractivity contribution in [3.8, 4) is 0 Å². The summed E-state index contributed by atoms with van der Waals surface area (Å²) in [6.07, 6.45) is 4.61. The first kappa shape index (κ1) is 18.9. The molecule has 0 aliphatic heterocycles. The number of hydrogen-bond donors (Lipinski definition) is 1. The van der Waals surface area contributed by atoms with Crippen LogP contribution in [-0.4, -0.2) is 18.2 Å². The van der Waals surface area contributed by atoms with Crippen LogP contribution in [0.4, 0.5) is 0 Å². The number of aromatic carboxylic acids is 1. The van der Waals surface area contributed by atoms with E-state index in [4.69, 9.17) is 9.84 Å². The lowest BCUT2D eigenvalue weighted by Gasteiger charge is -1.94. The van der Waals surface area contributed by atoms with Crippen molar-refractivity contribution in [1.82, 2.24) is 0 Å². The average molecular weight is 341 g/mol. The molecule has 2 rings (SSSR count). The first-order valence-corrected chi connectivity index (χ1v) is 9.16. The number of methoxy groups -OCH3 is 1. The van der Waals surface area contributed by atoms with Gasteiger partial charge in [-0.3, -0.25) is 0 Å². The maximum absolute atomic E-state index is 10.6. The molecule has 0 radical (unpaired) electrons. The van der Waals surface area contributed by atoms with Crippen molar-refractivity contribution in [3.05, 3.63) is 43.8 Å². The zero-order valence-electron chi connectivity index (χ0n) is 13.4. The Labute approximate surface area is 140 Å². The number of carboxylic acid groups (broad SMARTS) is 1. The standard InChI is InChI=1S/C10H14O2S.C7H10OS/c1-2-3-4-5-9-6-8(7-13-9)10(11)12;1-6-3-7(4-8-2)9-5-6/h6-7H,2-5H2,1H3,(H,11,12);3,5H,4H2,1-2H3. The fourth-order valence-corrected chi connectivity index (χ4v) is 3.63. The second-order valence-electron chi connectivity index (χ2n) is 5.09. The third-order valence-corrected chi connectivity index (χ3v) is 5.02. The summed E-state index contributed by atoms with van der Waals surface area (Å²) in [6.45, 7) is 5.01. The van der Waals surface area contributed by atoms with Gasteiger partial charge in [0.2, 0.25) is 0 Å². The van der Waals surface area contributed by atoms with Gasteiger partial charge in [-0.05, 0) is 42.8 Å². The molecule has 2 aromatic heterocycles. The fourth-order valence-electron chi connectivity index (χ4n) is 1.88. The van der Waals surface area contributed by atoms with Crippen LogP contribution in [0.15, 0.2) is 22.9 Å². The summed E-state index contributed by atoms with van der Waals surface area (Å²) in [5.74, 6) is -0.821. The molecule has 0 amide bonds. The molecule has 0 aliphatic rings. The molecule has 0 aromatic carbocycles. The molecule has 0 unspecified atom stereocenters. The van der Waals surface area contributed by atoms with Crippen molar-refractivity contribution in [2.24, 2.45) is 0 Å². The Morgan fingerprint density at radius 3 is 2.41 bits per heavy atom. The van der Waals surface area contributed by atoms with E-state index in [2.05, 4.69) is 25.3 Å². The van der Waals surface area contributed by atoms with E-state index in [1.165, 1.54) is 28.2 Å². The topological polar surface area (TPSA) is 46.5 Å². The number of hydrogen-bond acceptors (Lipinski definition) is 4. The van der Waals surface area contributed by atoms with Crippen molar-refractivity contribution in [3.63, 3.8) is 0 Å². The van der Waals surface area contributed by atoms with E-state index in [1.807, 2.05) is 0 Å². The van der Waals surface area contributed by atoms with E-state index in [0.717, 1.165) is 19.4 Å². The zero-order chi connectivity index (χ0) is 16.4. The molecule has 0 spiro atoms. The summed E-state index contributed by atoms with van der Waals surface area (Å²) in [5.41, 5.74) is 1.75. The van der Waals surface area contributed by atoms with Gasteiger partial charge < -0.3 is 9.84 Å². The number of aryl methyl sites for hydroxylation is 2. The number of ether oxygens (including phenoxy) is 1. The second-order valence-corrected chi connectivity index (χ2v) is 7.08. The van der Waals surface area contributed by atoms with Gasteiger partial charge in [0.1, 0.15) is 0 Å². The van der Waals surface area contributed by atoms with Crippen LogP contribution in [0.25, 0.3) is 0 Å². The van der Waals surface area contributed by atoms with Gasteiger partial charge in [-0.25, -0.2) is 4.79 Å². The number of unbranched alkanes of at least 4 members (excludes halogenated alkanes) is 2. The Hall–Kier alpha value is -1.17. The van der Waals surface area contributed by atoms with Crippen LogP contribution in [0.1, 0.15) is 51.9 Å². The van der Waals surface area contributed by atoms with Crippen molar-refractivity contribution < 1.29 is 14.6 Å². The Kier molecular flexibility index (Phi) is 9.04. The molecule has 0 fully saturated rings. The summed E-state index contributed by atoms with van der Waals surface area (Å²) in [6, 6.07) is 3.93. The Bertz CT molecular complexity index is 558. The molecule has 0 bridgehead atoms. The van der Waals surface area contributed by atoms with E-state index in [0.29, 0.717) is 5.56 Å². The van der Waals surface area contributed by atoms with E-state index in [9.17, 15) is 4.79 Å². The Morgan fingerprint density at radius 2 is 1.91 bits per heavy atom. The molecule has 5 heteroatoms. The molecule has 0 atom stereocenters. The minimum Gasteiger partial charge on any atom is -0.478 e. The normalized spacial score (nSPS) is 10.1. The lowest BCUT2D eigenvalue weighted by atomic mass is 10.2. The highest BCUT2D eigenvalue weighted by Gasteiger charge is 2.05. The van der Waals surface area contributed by atoms with Crippen molar-refractivity contribution in [1.29, 1.82) is 0 Å². The molecule has 2 aromatic rings. The molecule has 3 nitrogen and oxygen atoms in total. The maximum atomic E-state index is 10.6. The first-order chi connectivity index (χ1) is 10.6. The third-order valence-electron chi connectivity index (χ3n) is 3.00. The molecule has 122 valence electrons. The molecular weight excluding hydrogens is 316 g/mol. The molecule has 0 aliphatic carbocycles. The van der Waals surface area contributed by atoms with Gasteiger partial charge in [0.15, 0.2) is 0 Å². The summed E-state index contributed by atoms with van der Waals surface area (Å²) >= 11 is 3.30. The minimum absolute atomic E-state index is 0.427. The molecule has 1 N–H and O–H groups in total. The van der Waals surface area contributed by atoms with Gasteiger partial charge in [-0.1, -0.05) is 19.8 Å². The lowest BCUT2D eigenvalue weighted by Crippen LogP contribution is -1.92. The molecular formula is C17H24O3S2. The van der Waals surface area contributed by atoms with Crippen LogP contribution < -0.4 is 0 Å². The van der Waals surface area contributed by atoms with Gasteiger partial charge in [0.25, 0.3) is 0 Å². The van der Waals surface area contributed by atoms with Gasteiger partial charge in [0, 0.05) is 22.2 Å². The maximum Gasteiger partial charge on any atom is 0.336 e. The predicted molar refractivity (Wildman–Crippen MR) is 94.3 cm³/mol. The van der Waals surface area contributed by atoms with Crippen LogP contribution in [0, 0.1) is 6.92 Å². The highest BCUT2D eigenvalue weighted by Crippen LogP contribution is 2.17. The fraction of sp³-hybridized carbons (Fsp3) is 0.471. The third kappa shape index (κ3) is 7.20. The summed E-state index contributed by atoms with van der Waals surface area (Å²) in [4.78, 5) is 13.0. The lowest BCUT2D eigenvalue weighted by molar-refractivity contribution is 0.0697. The Balaban J connectivity index is 0.000000235. The van der Waals surface area contributed by atoms with Crippen LogP contribution in [0.2, 0.25) is 0 Å². The largest absolute Gasteiger partial charge is 0.478 e. The van der Waals surface area contributed by atoms with Crippen LogP contribution in [0.5, 0.6) is 0 Å². The van der Waals surface area contributed by atoms with Crippen LogP contribution in [-0.2, 0) is 17.8 Å². The molecule has 0 saturated heterocycles. The Morgan fingerprint density at radius 1 is 1.18 bits per heavy atom. The highest BCUT2D eigenvalue weighted by atomic mass is 32.1. The summed E-state index contributed by atoms with van der Waals surface area (Å²) < 4.78 is 4.95. The van der Waals surface area contributed by atoms with Crippen LogP contribution in [0.3, 0.4) is 0 Å². The van der Waals surface area contributed by atoms with E-state index >= 15 is 0 Å². The van der Waals surface area contributed by atoms with Crippen LogP contribution >= 0.6 is 22.7 Å². The van der Waals surface area contributed by atoms with Crippen molar-refractivity contribution >= 4 is 28.6 Å². The van der Waals surface area contributed by atoms with Gasteiger partial charge in [0.05, 0.1) is 12.2 Å². The van der Waals surface area contributed by atoms with Gasteiger partial charge in [-0.2, -0.15) is 0 Å². The monoisotopic (exact) mass is 340 g/mol. The molecule has 0 saturated carbocycles. The predicted octanol–water partition coefficient (Wildman–Crippen LogP) is 5.38. The van der Waals surface area contributed by atoms with Gasteiger partial charge in [-0.15, -0.1) is 22.7 Å². The van der Waals surface area contributed by atoms with Crippen molar-refractivity contribution in [2.75, 3.05) is 7.11 Å². The van der Waals surface area contributed by atoms with Crippen molar-refractivity contribution in [2.45, 2.75) is 46.1 Å². The van der Waals surface area contributed by atoms with E-state index in [1.54, 1.807) is 41.2 Å². The minimum atomic E-state index is -0.821. The van der Waals surface area contributed by atoms with Gasteiger partial charge >= 0.3 is 5.97 Å². The number of carboxylic acids is 1. The second kappa shape index (κ2) is 10.5. The summed E-state index contributed by atoms with van der Waals surface area (Å²) in [5, 5.41) is 12.5. The summed E-state index contributed by atoms with van der Waals surface area (Å²) in [7, 11) is 1.72. The SMILES string of the molecule is CCCCCc1cc(C(=O)O)cs1.COCc1cc(C)cs1. The molecule has 22 heavy (non-hydrogen) atoms. The number of carbonyl (C=O) groups is 1.